The number of phosphoric ester groups is 1. The van der Waals surface area contributed by atoms with Gasteiger partial charge < -0.3 is 24.6 Å². The van der Waals surface area contributed by atoms with Crippen LogP contribution in [0.3, 0.4) is 0 Å². The minimum atomic E-state index is -4.64. The van der Waals surface area contributed by atoms with Gasteiger partial charge >= 0.3 is 19.8 Å². The van der Waals surface area contributed by atoms with Crippen LogP contribution in [0.25, 0.3) is 0 Å². The summed E-state index contributed by atoms with van der Waals surface area (Å²) in [5.74, 6) is -1.05. The average Bonchev–Trinajstić information content (AvgIpc) is 3.17. The summed E-state index contributed by atoms with van der Waals surface area (Å²) in [5.41, 5.74) is 0. The van der Waals surface area contributed by atoms with Gasteiger partial charge in [-0.25, -0.2) is 4.57 Å². The molecule has 0 aromatic rings. The number of aliphatic hydroxyl groups excluding tert-OH is 2. The third kappa shape index (κ3) is 39.2. The number of aliphatic hydroxyl groups is 2. The second-order valence-electron chi connectivity index (χ2n) is 13.3. The molecule has 3 atom stereocenters. The number of esters is 2. The normalized spacial score (nSPS) is 14.8. The summed E-state index contributed by atoms with van der Waals surface area (Å²) < 4.78 is 32.5. The zero-order valence-corrected chi connectivity index (χ0v) is 34.7. The Morgan fingerprint density at radius 2 is 0.945 bits per heavy atom. The monoisotopic (exact) mass is 792 g/mol. The van der Waals surface area contributed by atoms with Crippen molar-refractivity contribution in [2.45, 2.75) is 154 Å². The van der Waals surface area contributed by atoms with Crippen LogP contribution >= 0.6 is 7.82 Å². The maximum atomic E-state index is 12.6. The minimum Gasteiger partial charge on any atom is -0.462 e. The van der Waals surface area contributed by atoms with Gasteiger partial charge in [-0.05, 0) is 89.9 Å². The maximum Gasteiger partial charge on any atom is 0.472 e. The summed E-state index contributed by atoms with van der Waals surface area (Å²) in [6, 6.07) is 0. The van der Waals surface area contributed by atoms with Crippen molar-refractivity contribution in [3.05, 3.63) is 85.1 Å². The first-order valence-electron chi connectivity index (χ1n) is 20.5. The predicted molar refractivity (Wildman–Crippen MR) is 223 cm³/mol. The Morgan fingerprint density at radius 1 is 0.545 bits per heavy atom. The summed E-state index contributed by atoms with van der Waals surface area (Å²) in [4.78, 5) is 34.9. The van der Waals surface area contributed by atoms with E-state index in [0.29, 0.717) is 19.3 Å². The van der Waals surface area contributed by atoms with Gasteiger partial charge in [0.05, 0.1) is 19.8 Å². The molecule has 3 N–H and O–H groups in total. The van der Waals surface area contributed by atoms with Crippen LogP contribution in [0.4, 0.5) is 0 Å². The molecule has 55 heavy (non-hydrogen) atoms. The average molecular weight is 793 g/mol. The highest BCUT2D eigenvalue weighted by atomic mass is 31.2. The summed E-state index contributed by atoms with van der Waals surface area (Å²) in [6.07, 6.45) is 45.6. The fraction of sp³-hybridized carbons (Fsp3) is 0.636. The molecule has 0 bridgehead atoms. The number of ether oxygens (including phenoxy) is 2. The van der Waals surface area contributed by atoms with Crippen LogP contribution in [-0.4, -0.2) is 65.7 Å². The Bertz CT molecular complexity index is 1190. The van der Waals surface area contributed by atoms with Gasteiger partial charge in [0.1, 0.15) is 12.7 Å². The van der Waals surface area contributed by atoms with Gasteiger partial charge in [0.2, 0.25) is 0 Å². The highest BCUT2D eigenvalue weighted by Gasteiger charge is 2.27. The molecule has 0 aliphatic rings. The largest absolute Gasteiger partial charge is 0.472 e. The molecule has 0 fully saturated rings. The Morgan fingerprint density at radius 3 is 1.40 bits per heavy atom. The number of phosphoric acid groups is 1. The molecule has 0 aromatic heterocycles. The number of hydrogen-bond acceptors (Lipinski definition) is 9. The van der Waals surface area contributed by atoms with Crippen LogP contribution in [0.15, 0.2) is 85.1 Å². The highest BCUT2D eigenvalue weighted by Crippen LogP contribution is 2.43. The smallest absolute Gasteiger partial charge is 0.462 e. The fourth-order valence-corrected chi connectivity index (χ4v) is 5.60. The summed E-state index contributed by atoms with van der Waals surface area (Å²) >= 11 is 0. The van der Waals surface area contributed by atoms with Crippen LogP contribution < -0.4 is 0 Å². The van der Waals surface area contributed by atoms with E-state index in [-0.39, 0.29) is 19.4 Å². The summed E-state index contributed by atoms with van der Waals surface area (Å²) in [5, 5.41) is 18.3. The van der Waals surface area contributed by atoms with Crippen molar-refractivity contribution >= 4 is 19.8 Å². The van der Waals surface area contributed by atoms with Crippen molar-refractivity contribution in [2.24, 2.45) is 0 Å². The zero-order valence-electron chi connectivity index (χ0n) is 33.9. The molecule has 0 radical (unpaired) electrons. The first kappa shape index (κ1) is 52.2. The van der Waals surface area contributed by atoms with Crippen molar-refractivity contribution in [3.63, 3.8) is 0 Å². The van der Waals surface area contributed by atoms with E-state index < -0.39 is 51.8 Å². The van der Waals surface area contributed by atoms with Crippen LogP contribution in [0.5, 0.6) is 0 Å². The van der Waals surface area contributed by atoms with E-state index in [4.69, 9.17) is 19.1 Å². The molecule has 10 nitrogen and oxygen atoms in total. The predicted octanol–water partition coefficient (Wildman–Crippen LogP) is 10.7. The topological polar surface area (TPSA) is 149 Å². The molecule has 0 saturated heterocycles. The summed E-state index contributed by atoms with van der Waals surface area (Å²) in [6.45, 7) is 2.19. The Kier molecular flexibility index (Phi) is 37.3. The van der Waals surface area contributed by atoms with E-state index in [0.717, 1.165) is 57.8 Å². The molecule has 0 aliphatic carbocycles. The van der Waals surface area contributed by atoms with Gasteiger partial charge in [-0.1, -0.05) is 125 Å². The standard InChI is InChI=1S/C44H73O10P/c1-3-5-7-9-11-13-15-17-19-20-22-24-26-28-30-32-34-36-44(48)54-42(40-53-55(49,50)52-38-41(46)37-45)39-51-43(47)35-33-31-29-27-25-23-21-18-16-14-12-10-8-6-4-2/h11-14,17-19,21-22,24-25,27-28,30,41-42,45-46H,3-10,15-16,20,23,26,29,31-40H2,1-2H3,(H,49,50)/t41-,42+/m0/s1. The number of carbonyl (C=O) groups excluding carboxylic acids is 2. The first-order valence-corrected chi connectivity index (χ1v) is 22.0. The Balaban J connectivity index is 4.52. The van der Waals surface area contributed by atoms with Gasteiger partial charge in [-0.15, -0.1) is 0 Å². The molecule has 0 amide bonds. The van der Waals surface area contributed by atoms with Gasteiger partial charge in [-0.2, -0.15) is 0 Å². The Hall–Kier alpha value is -2.85. The molecule has 0 saturated carbocycles. The Labute approximate surface area is 332 Å². The van der Waals surface area contributed by atoms with Crippen molar-refractivity contribution in [2.75, 3.05) is 26.4 Å². The SMILES string of the molecule is CCCCCC=CCC=CCC=CCC=CCCCC(=O)O[C@H](COC(=O)CCCCC=CCC=CCC=CCCCCC)COP(=O)(O)OC[C@@H](O)CO. The lowest BCUT2D eigenvalue weighted by Gasteiger charge is -2.20. The number of carbonyl (C=O) groups is 2. The second-order valence-corrected chi connectivity index (χ2v) is 14.8. The van der Waals surface area contributed by atoms with E-state index >= 15 is 0 Å². The minimum absolute atomic E-state index is 0.0952. The number of allylic oxidation sites excluding steroid dienone is 14. The van der Waals surface area contributed by atoms with E-state index in [1.54, 1.807) is 0 Å². The number of hydrogen-bond donors (Lipinski definition) is 3. The van der Waals surface area contributed by atoms with Gasteiger partial charge in [0.25, 0.3) is 0 Å². The van der Waals surface area contributed by atoms with Crippen LogP contribution in [-0.2, 0) is 32.7 Å². The van der Waals surface area contributed by atoms with Gasteiger partial charge in [0, 0.05) is 12.8 Å². The lowest BCUT2D eigenvalue weighted by molar-refractivity contribution is -0.161. The third-order valence-electron chi connectivity index (χ3n) is 8.02. The zero-order chi connectivity index (χ0) is 40.5. The van der Waals surface area contributed by atoms with Gasteiger partial charge in [0.15, 0.2) is 6.10 Å². The molecule has 0 aliphatic heterocycles. The van der Waals surface area contributed by atoms with Crippen molar-refractivity contribution in [1.29, 1.82) is 0 Å². The summed E-state index contributed by atoms with van der Waals surface area (Å²) in [7, 11) is -4.64. The lowest BCUT2D eigenvalue weighted by atomic mass is 10.1. The van der Waals surface area contributed by atoms with Crippen molar-refractivity contribution < 1.29 is 47.8 Å². The van der Waals surface area contributed by atoms with E-state index in [2.05, 4.69) is 91.3 Å². The van der Waals surface area contributed by atoms with Crippen molar-refractivity contribution in [1.82, 2.24) is 0 Å². The van der Waals surface area contributed by atoms with E-state index in [1.807, 2.05) is 12.2 Å². The number of rotatable bonds is 37. The lowest BCUT2D eigenvalue weighted by Crippen LogP contribution is -2.29. The molecule has 0 aromatic carbocycles. The van der Waals surface area contributed by atoms with Crippen LogP contribution in [0.2, 0.25) is 0 Å². The number of unbranched alkanes of at least 4 members (excludes halogenated alkanes) is 9. The van der Waals surface area contributed by atoms with Gasteiger partial charge in [-0.3, -0.25) is 18.6 Å². The molecule has 0 spiro atoms. The molecule has 0 rings (SSSR count). The van der Waals surface area contributed by atoms with Crippen molar-refractivity contribution in [3.8, 4) is 0 Å². The third-order valence-corrected chi connectivity index (χ3v) is 8.97. The molecule has 1 unspecified atom stereocenters. The molecule has 0 heterocycles. The molecular weight excluding hydrogens is 719 g/mol. The first-order chi connectivity index (χ1) is 26.7. The maximum absolute atomic E-state index is 12.6. The van der Waals surface area contributed by atoms with E-state index in [9.17, 15) is 24.2 Å². The van der Waals surface area contributed by atoms with Crippen LogP contribution in [0.1, 0.15) is 142 Å². The highest BCUT2D eigenvalue weighted by molar-refractivity contribution is 7.47. The second kappa shape index (κ2) is 39.4. The van der Waals surface area contributed by atoms with E-state index in [1.165, 1.54) is 38.5 Å². The van der Waals surface area contributed by atoms with Crippen LogP contribution in [0, 0.1) is 0 Å². The quantitative estimate of drug-likeness (QED) is 0.0240. The molecule has 11 heteroatoms. The molecular formula is C44H73O10P. The molecule has 314 valence electrons. The fourth-order valence-electron chi connectivity index (χ4n) is 4.81.